The van der Waals surface area contributed by atoms with Crippen molar-refractivity contribution >= 4 is 28.1 Å². The van der Waals surface area contributed by atoms with E-state index in [-0.39, 0.29) is 18.5 Å². The first kappa shape index (κ1) is 25.6. The van der Waals surface area contributed by atoms with E-state index in [4.69, 9.17) is 9.47 Å². The van der Waals surface area contributed by atoms with Gasteiger partial charge in [0.15, 0.2) is 12.4 Å². The van der Waals surface area contributed by atoms with Crippen LogP contribution in [0.1, 0.15) is 37.7 Å². The van der Waals surface area contributed by atoms with E-state index in [1.807, 2.05) is 23.1 Å². The Morgan fingerprint density at radius 2 is 1.79 bits per heavy atom. The average Bonchev–Trinajstić information content (AvgIpc) is 2.95. The Kier molecular flexibility index (Phi) is 7.78. The van der Waals surface area contributed by atoms with E-state index in [0.29, 0.717) is 29.6 Å². The van der Waals surface area contributed by atoms with Crippen molar-refractivity contribution in [1.82, 2.24) is 0 Å². The normalized spacial score (nSPS) is 15.4. The summed E-state index contributed by atoms with van der Waals surface area (Å²) in [6.45, 7) is 2.66. The highest BCUT2D eigenvalue weighted by molar-refractivity contribution is 5.86. The second kappa shape index (κ2) is 11.5. The first-order valence-corrected chi connectivity index (χ1v) is 13.0. The Labute approximate surface area is 222 Å². The zero-order valence-electron chi connectivity index (χ0n) is 21.7. The van der Waals surface area contributed by atoms with Gasteiger partial charge in [-0.25, -0.2) is 9.18 Å². The summed E-state index contributed by atoms with van der Waals surface area (Å²) in [6.07, 6.45) is 2.82. The predicted molar refractivity (Wildman–Crippen MR) is 148 cm³/mol. The molecule has 0 saturated heterocycles. The van der Waals surface area contributed by atoms with Crippen LogP contribution in [0, 0.1) is 5.82 Å². The van der Waals surface area contributed by atoms with Gasteiger partial charge in [-0.3, -0.25) is 0 Å². The minimum absolute atomic E-state index is 0.0701. The summed E-state index contributed by atoms with van der Waals surface area (Å²) in [5, 5.41) is 2.58. The fourth-order valence-corrected chi connectivity index (χ4v) is 5.16. The van der Waals surface area contributed by atoms with Crippen LogP contribution in [0.2, 0.25) is 0 Å². The van der Waals surface area contributed by atoms with Crippen molar-refractivity contribution in [2.24, 2.45) is 0 Å². The van der Waals surface area contributed by atoms with Gasteiger partial charge in [0.1, 0.15) is 23.3 Å². The molecule has 0 amide bonds. The number of hydrogen-bond acceptors (Lipinski definition) is 5. The van der Waals surface area contributed by atoms with Crippen LogP contribution in [0.4, 0.5) is 15.8 Å². The summed E-state index contributed by atoms with van der Waals surface area (Å²) in [5.74, 6) is 0.741. The molecule has 196 valence electrons. The van der Waals surface area contributed by atoms with Crippen molar-refractivity contribution in [2.75, 3.05) is 25.2 Å². The lowest BCUT2D eigenvalue weighted by molar-refractivity contribution is -0.142. The number of halogens is 1. The monoisotopic (exact) mass is 513 g/mol. The molecule has 4 aromatic rings. The van der Waals surface area contributed by atoms with Gasteiger partial charge in [0, 0.05) is 5.69 Å². The highest BCUT2D eigenvalue weighted by Crippen LogP contribution is 2.41. The third-order valence-electron chi connectivity index (χ3n) is 7.15. The van der Waals surface area contributed by atoms with Crippen LogP contribution in [0.3, 0.4) is 0 Å². The lowest BCUT2D eigenvalue weighted by Gasteiger charge is -2.36. The molecule has 0 N–H and O–H groups in total. The van der Waals surface area contributed by atoms with E-state index in [2.05, 4.69) is 54.1 Å². The molecule has 0 aliphatic carbocycles. The van der Waals surface area contributed by atoms with Crippen molar-refractivity contribution < 1.29 is 23.4 Å². The average molecular weight is 514 g/mol. The van der Waals surface area contributed by atoms with Gasteiger partial charge >= 0.3 is 5.97 Å². The van der Waals surface area contributed by atoms with Crippen molar-refractivity contribution in [3.05, 3.63) is 96.3 Å². The molecule has 1 aliphatic rings. The Balaban J connectivity index is 1.27. The van der Waals surface area contributed by atoms with Crippen LogP contribution in [-0.4, -0.2) is 32.3 Å². The van der Waals surface area contributed by atoms with Gasteiger partial charge in [-0.05, 0) is 77.9 Å². The summed E-state index contributed by atoms with van der Waals surface area (Å²) < 4.78 is 31.3. The number of para-hydroxylation sites is 1. The maximum absolute atomic E-state index is 14.9. The van der Waals surface area contributed by atoms with E-state index in [1.54, 1.807) is 18.2 Å². The molecule has 0 radical (unpaired) electrons. The maximum Gasteiger partial charge on any atom is 0.343 e. The van der Waals surface area contributed by atoms with Gasteiger partial charge in [0.05, 0.1) is 13.7 Å². The summed E-state index contributed by atoms with van der Waals surface area (Å²) in [5.41, 5.74) is 2.64. The molecular formula is C32H32FNO4. The van der Waals surface area contributed by atoms with Gasteiger partial charge in [-0.2, -0.15) is 0 Å². The molecule has 0 bridgehead atoms. The van der Waals surface area contributed by atoms with E-state index >= 15 is 0 Å². The largest absolute Gasteiger partial charge is 0.486 e. The number of carbonyl (C=O) groups is 1. The third-order valence-corrected chi connectivity index (χ3v) is 7.15. The van der Waals surface area contributed by atoms with Crippen LogP contribution in [-0.2, 0) is 9.53 Å². The molecule has 38 heavy (non-hydrogen) atoms. The van der Waals surface area contributed by atoms with Crippen LogP contribution >= 0.6 is 0 Å². The molecule has 1 aliphatic heterocycles. The standard InChI is InChI=1S/C32H32FNO4/c1-22(27-13-6-10-23-9-3-4-12-28(23)27)8-5-11-26-20-34(32-29(33)14-7-15-30(32)38-26)24-16-18-25(19-17-24)37-21-31(35)36-2/h3-4,6-7,9-10,12-19,22,26H,5,8,11,20-21H2,1-2H3/t22-,26?/m0/s1. The first-order chi connectivity index (χ1) is 18.5. The molecule has 0 saturated carbocycles. The molecule has 0 aromatic heterocycles. The Bertz CT molecular complexity index is 1400. The van der Waals surface area contributed by atoms with Crippen LogP contribution in [0.5, 0.6) is 11.5 Å². The highest BCUT2D eigenvalue weighted by Gasteiger charge is 2.29. The predicted octanol–water partition coefficient (Wildman–Crippen LogP) is 7.40. The minimum atomic E-state index is -0.448. The summed E-state index contributed by atoms with van der Waals surface area (Å²) >= 11 is 0. The van der Waals surface area contributed by atoms with E-state index in [1.165, 1.54) is 29.5 Å². The molecular weight excluding hydrogens is 481 g/mol. The number of anilines is 2. The third kappa shape index (κ3) is 5.59. The summed E-state index contributed by atoms with van der Waals surface area (Å²) in [7, 11) is 1.32. The summed E-state index contributed by atoms with van der Waals surface area (Å²) in [6, 6.07) is 27.3. The lowest BCUT2D eigenvalue weighted by atomic mass is 9.90. The number of benzene rings is 4. The van der Waals surface area contributed by atoms with Crippen molar-refractivity contribution in [3.63, 3.8) is 0 Å². The number of rotatable bonds is 9. The van der Waals surface area contributed by atoms with Crippen LogP contribution in [0.25, 0.3) is 10.8 Å². The molecule has 0 fully saturated rings. The Morgan fingerprint density at radius 1 is 1.03 bits per heavy atom. The van der Waals surface area contributed by atoms with Crippen molar-refractivity contribution in [2.45, 2.75) is 38.2 Å². The van der Waals surface area contributed by atoms with E-state index in [0.717, 1.165) is 24.9 Å². The van der Waals surface area contributed by atoms with Crippen molar-refractivity contribution in [1.29, 1.82) is 0 Å². The molecule has 1 heterocycles. The molecule has 6 heteroatoms. The topological polar surface area (TPSA) is 48.0 Å². The fourth-order valence-electron chi connectivity index (χ4n) is 5.16. The number of methoxy groups -OCH3 is 1. The van der Waals surface area contributed by atoms with Gasteiger partial charge < -0.3 is 19.1 Å². The fraction of sp³-hybridized carbons (Fsp3) is 0.281. The number of carbonyl (C=O) groups excluding carboxylic acids is 1. The van der Waals surface area contributed by atoms with Crippen LogP contribution in [0.15, 0.2) is 84.9 Å². The number of fused-ring (bicyclic) bond motifs is 2. The van der Waals surface area contributed by atoms with Crippen molar-refractivity contribution in [3.8, 4) is 11.5 Å². The smallest absolute Gasteiger partial charge is 0.343 e. The molecule has 4 aromatic carbocycles. The maximum atomic E-state index is 14.9. The van der Waals surface area contributed by atoms with Crippen LogP contribution < -0.4 is 14.4 Å². The molecule has 0 spiro atoms. The lowest BCUT2D eigenvalue weighted by Crippen LogP contribution is -2.37. The zero-order valence-corrected chi connectivity index (χ0v) is 21.7. The second-order valence-electron chi connectivity index (χ2n) is 9.70. The van der Waals surface area contributed by atoms with Gasteiger partial charge in [0.2, 0.25) is 0 Å². The SMILES string of the molecule is COC(=O)COc1ccc(N2CC(CCC[C@H](C)c3cccc4ccccc34)Oc3cccc(F)c32)cc1. The molecule has 5 rings (SSSR count). The Hall–Kier alpha value is -4.06. The number of hydrogen-bond donors (Lipinski definition) is 0. The number of esters is 1. The van der Waals surface area contributed by atoms with Gasteiger partial charge in [0.25, 0.3) is 0 Å². The minimum Gasteiger partial charge on any atom is -0.486 e. The van der Waals surface area contributed by atoms with Gasteiger partial charge in [-0.1, -0.05) is 55.5 Å². The van der Waals surface area contributed by atoms with E-state index in [9.17, 15) is 9.18 Å². The summed E-state index contributed by atoms with van der Waals surface area (Å²) in [4.78, 5) is 13.3. The molecule has 5 nitrogen and oxygen atoms in total. The first-order valence-electron chi connectivity index (χ1n) is 13.0. The molecule has 1 unspecified atom stereocenters. The molecule has 2 atom stereocenters. The second-order valence-corrected chi connectivity index (χ2v) is 9.70. The highest BCUT2D eigenvalue weighted by atomic mass is 19.1. The number of ether oxygens (including phenoxy) is 3. The quantitative estimate of drug-likeness (QED) is 0.218. The number of nitrogens with zero attached hydrogens (tertiary/aromatic N) is 1. The van der Waals surface area contributed by atoms with Gasteiger partial charge in [-0.15, -0.1) is 0 Å². The Morgan fingerprint density at radius 3 is 2.61 bits per heavy atom. The zero-order chi connectivity index (χ0) is 26.5. The van der Waals surface area contributed by atoms with E-state index < -0.39 is 5.97 Å².